The molecule has 2 aromatic rings. The Labute approximate surface area is 108 Å². The number of halogens is 4. The topological polar surface area (TPSA) is 60.2 Å². The van der Waals surface area contributed by atoms with Gasteiger partial charge in [-0.2, -0.15) is 18.2 Å². The summed E-state index contributed by atoms with van der Waals surface area (Å²) in [7, 11) is 0.781. The van der Waals surface area contributed by atoms with E-state index in [0.717, 1.165) is 6.07 Å². The van der Waals surface area contributed by atoms with Crippen LogP contribution in [0.25, 0.3) is 11.1 Å². The van der Waals surface area contributed by atoms with E-state index in [2.05, 4.69) is 4.98 Å². The van der Waals surface area contributed by atoms with Gasteiger partial charge in [0.2, 0.25) is 0 Å². The molecule has 2 rings (SSSR count). The van der Waals surface area contributed by atoms with Crippen LogP contribution in [0.4, 0.5) is 13.2 Å². The zero-order valence-electron chi connectivity index (χ0n) is 8.23. The smallest absolute Gasteiger partial charge is 0.426 e. The van der Waals surface area contributed by atoms with Crippen LogP contribution in [0.3, 0.4) is 0 Å². The molecule has 0 bridgehead atoms. The maximum Gasteiger partial charge on any atom is 0.446 e. The van der Waals surface area contributed by atoms with E-state index >= 15 is 0 Å². The molecular formula is C8H3ClF3NO3S2. The molecule has 98 valence electrons. The molecule has 4 nitrogen and oxygen atoms in total. The summed E-state index contributed by atoms with van der Waals surface area (Å²) < 4.78 is 63.5. The van der Waals surface area contributed by atoms with Gasteiger partial charge in [0.25, 0.3) is 0 Å². The molecule has 0 saturated heterocycles. The van der Waals surface area contributed by atoms with Crippen LogP contribution < -0.4 is 0 Å². The summed E-state index contributed by atoms with van der Waals surface area (Å²) >= 11 is -0.417. The van der Waals surface area contributed by atoms with E-state index in [0.29, 0.717) is 0 Å². The Morgan fingerprint density at radius 3 is 2.56 bits per heavy atom. The summed E-state index contributed by atoms with van der Waals surface area (Å²) in [5.41, 5.74) is -4.79. The van der Waals surface area contributed by atoms with Crippen molar-refractivity contribution in [2.75, 3.05) is 0 Å². The predicted molar refractivity (Wildman–Crippen MR) is 59.0 cm³/mol. The van der Waals surface area contributed by atoms with Gasteiger partial charge in [-0.3, -0.25) is 0 Å². The van der Waals surface area contributed by atoms with Crippen molar-refractivity contribution in [1.82, 2.24) is 4.98 Å². The molecule has 0 aliphatic carbocycles. The number of aromatic nitrogens is 1. The van der Waals surface area contributed by atoms with Crippen LogP contribution in [0.2, 0.25) is 0 Å². The van der Waals surface area contributed by atoms with Crippen LogP contribution in [-0.4, -0.2) is 18.9 Å². The maximum atomic E-state index is 12.3. The van der Waals surface area contributed by atoms with Crippen LogP contribution in [0.15, 0.2) is 32.7 Å². The number of hydrogen-bond donors (Lipinski definition) is 0. The van der Waals surface area contributed by atoms with Crippen molar-refractivity contribution in [3.8, 4) is 0 Å². The van der Waals surface area contributed by atoms with Gasteiger partial charge in [-0.25, -0.2) is 8.42 Å². The van der Waals surface area contributed by atoms with Crippen LogP contribution in [0, 0.1) is 0 Å². The summed E-state index contributed by atoms with van der Waals surface area (Å²) in [5, 5.41) is -0.825. The third-order valence-electron chi connectivity index (χ3n) is 1.79. The summed E-state index contributed by atoms with van der Waals surface area (Å²) in [6, 6.07) is 3.78. The molecule has 0 aliphatic heterocycles. The second kappa shape index (κ2) is 4.32. The molecule has 0 radical (unpaired) electrons. The highest BCUT2D eigenvalue weighted by atomic mass is 35.7. The lowest BCUT2D eigenvalue weighted by atomic mass is 10.3. The molecule has 1 aromatic carbocycles. The summed E-state index contributed by atoms with van der Waals surface area (Å²) in [6.07, 6.45) is 0. The zero-order valence-corrected chi connectivity index (χ0v) is 10.6. The molecule has 0 fully saturated rings. The van der Waals surface area contributed by atoms with Crippen LogP contribution in [-0.2, 0) is 9.05 Å². The zero-order chi connectivity index (χ0) is 13.6. The van der Waals surface area contributed by atoms with Crippen molar-refractivity contribution < 1.29 is 26.0 Å². The predicted octanol–water partition coefficient (Wildman–Crippen LogP) is 3.37. The lowest BCUT2D eigenvalue weighted by molar-refractivity contribution is -0.0328. The normalized spacial score (nSPS) is 13.1. The SMILES string of the molecule is O=S(=O)(Cl)c1nc2cccc(SC(F)(F)F)c2o1. The van der Waals surface area contributed by atoms with Gasteiger partial charge in [0.05, 0.1) is 4.90 Å². The first-order valence-electron chi connectivity index (χ1n) is 4.27. The van der Waals surface area contributed by atoms with Crippen LogP contribution in [0.5, 0.6) is 0 Å². The number of para-hydroxylation sites is 1. The molecule has 0 N–H and O–H groups in total. The van der Waals surface area contributed by atoms with Gasteiger partial charge in [-0.15, -0.1) is 0 Å². The highest BCUT2D eigenvalue weighted by Gasteiger charge is 2.31. The first-order chi connectivity index (χ1) is 8.17. The van der Waals surface area contributed by atoms with Crippen molar-refractivity contribution in [2.24, 2.45) is 0 Å². The second-order valence-corrected chi connectivity index (χ2v) is 6.62. The summed E-state index contributed by atoms with van der Waals surface area (Å²) in [5.74, 6) is 0. The number of rotatable bonds is 2. The van der Waals surface area contributed by atoms with Crippen LogP contribution >= 0.6 is 22.4 Å². The minimum absolute atomic E-state index is 0.0107. The van der Waals surface area contributed by atoms with Gasteiger partial charge in [-0.05, 0) is 23.9 Å². The fourth-order valence-electron chi connectivity index (χ4n) is 1.21. The molecule has 1 heterocycles. The quantitative estimate of drug-likeness (QED) is 0.628. The highest BCUT2D eigenvalue weighted by molar-refractivity contribution is 8.13. The lowest BCUT2D eigenvalue weighted by Crippen LogP contribution is -1.98. The molecule has 0 atom stereocenters. The van der Waals surface area contributed by atoms with Gasteiger partial charge in [0.15, 0.2) is 5.58 Å². The number of hydrogen-bond acceptors (Lipinski definition) is 5. The van der Waals surface area contributed by atoms with E-state index in [-0.39, 0.29) is 16.0 Å². The Morgan fingerprint density at radius 1 is 1.33 bits per heavy atom. The fraction of sp³-hybridized carbons (Fsp3) is 0.125. The van der Waals surface area contributed by atoms with Gasteiger partial charge < -0.3 is 4.42 Å². The molecule has 0 unspecified atom stereocenters. The van der Waals surface area contributed by atoms with E-state index in [4.69, 9.17) is 15.1 Å². The van der Waals surface area contributed by atoms with E-state index in [1.807, 2.05) is 0 Å². The fourth-order valence-corrected chi connectivity index (χ4v) is 2.44. The first kappa shape index (κ1) is 13.5. The number of nitrogens with zero attached hydrogens (tertiary/aromatic N) is 1. The number of alkyl halides is 3. The Kier molecular flexibility index (Phi) is 3.24. The summed E-state index contributed by atoms with van der Waals surface area (Å²) in [6.45, 7) is 0. The van der Waals surface area contributed by atoms with Gasteiger partial charge in [0, 0.05) is 10.7 Å². The molecule has 0 spiro atoms. The minimum atomic E-state index is -4.51. The Bertz CT molecular complexity index is 695. The van der Waals surface area contributed by atoms with Gasteiger partial charge >= 0.3 is 19.8 Å². The molecular weight excluding hydrogens is 315 g/mol. The number of benzene rings is 1. The molecule has 0 amide bonds. The van der Waals surface area contributed by atoms with Crippen LogP contribution in [0.1, 0.15) is 0 Å². The van der Waals surface area contributed by atoms with Crippen molar-refractivity contribution in [2.45, 2.75) is 15.6 Å². The van der Waals surface area contributed by atoms with Crippen molar-refractivity contribution in [3.05, 3.63) is 18.2 Å². The average Bonchev–Trinajstić information content (AvgIpc) is 2.59. The van der Waals surface area contributed by atoms with E-state index in [1.165, 1.54) is 12.1 Å². The Morgan fingerprint density at radius 2 is 2.00 bits per heavy atom. The molecule has 0 aliphatic rings. The third kappa shape index (κ3) is 2.90. The van der Waals surface area contributed by atoms with Crippen molar-refractivity contribution >= 4 is 42.6 Å². The Balaban J connectivity index is 2.60. The average molecular weight is 318 g/mol. The number of oxazole rings is 1. The standard InChI is InChI=1S/C8H3ClF3NO3S2/c9-18(14,15)7-13-4-2-1-3-5(6(4)16-7)17-8(10,11)12/h1-3H. The van der Waals surface area contributed by atoms with Gasteiger partial charge in [-0.1, -0.05) is 6.07 Å². The lowest BCUT2D eigenvalue weighted by Gasteiger charge is -2.04. The van der Waals surface area contributed by atoms with Crippen molar-refractivity contribution in [1.29, 1.82) is 0 Å². The largest absolute Gasteiger partial charge is 0.446 e. The molecule has 18 heavy (non-hydrogen) atoms. The number of fused-ring (bicyclic) bond motifs is 1. The molecule has 0 saturated carbocycles. The highest BCUT2D eigenvalue weighted by Crippen LogP contribution is 2.40. The van der Waals surface area contributed by atoms with E-state index < -0.39 is 31.5 Å². The van der Waals surface area contributed by atoms with E-state index in [9.17, 15) is 21.6 Å². The first-order valence-corrected chi connectivity index (χ1v) is 7.39. The Hall–Kier alpha value is -0.930. The van der Waals surface area contributed by atoms with E-state index in [1.54, 1.807) is 0 Å². The summed E-state index contributed by atoms with van der Waals surface area (Å²) in [4.78, 5) is 3.23. The van der Waals surface area contributed by atoms with Gasteiger partial charge in [0.1, 0.15) is 5.52 Å². The van der Waals surface area contributed by atoms with Crippen molar-refractivity contribution in [3.63, 3.8) is 0 Å². The molecule has 1 aromatic heterocycles. The number of thioether (sulfide) groups is 1. The third-order valence-corrected chi connectivity index (χ3v) is 3.55. The minimum Gasteiger partial charge on any atom is -0.426 e. The maximum absolute atomic E-state index is 12.3. The monoisotopic (exact) mass is 317 g/mol. The molecule has 10 heteroatoms. The second-order valence-electron chi connectivity index (χ2n) is 3.07.